The Bertz CT molecular complexity index is 1710. The number of pyridine rings is 1. The Balaban J connectivity index is 1.29. The number of benzene rings is 2. The maximum Gasteiger partial charge on any atom is 0.416 e. The van der Waals surface area contributed by atoms with Crippen LogP contribution in [0, 0.1) is 0 Å². The van der Waals surface area contributed by atoms with Gasteiger partial charge in [0.15, 0.2) is 11.6 Å². The summed E-state index contributed by atoms with van der Waals surface area (Å²) < 4.78 is 52.1. The highest BCUT2D eigenvalue weighted by Gasteiger charge is 2.31. The maximum atomic E-state index is 13.3. The lowest BCUT2D eigenvalue weighted by molar-refractivity contribution is -0.137. The van der Waals surface area contributed by atoms with Crippen LogP contribution in [-0.4, -0.2) is 64.1 Å². The lowest BCUT2D eigenvalue weighted by Crippen LogP contribution is -2.36. The topological polar surface area (TPSA) is 110 Å². The number of imidazole rings is 1. The van der Waals surface area contributed by atoms with Crippen molar-refractivity contribution in [1.29, 1.82) is 0 Å². The normalized spacial score (nSPS) is 13.9. The second-order valence-corrected chi connectivity index (χ2v) is 9.69. The molecule has 1 aliphatic rings. The Morgan fingerprint density at radius 2 is 1.86 bits per heavy atom. The molecule has 2 aromatic carbocycles. The van der Waals surface area contributed by atoms with Crippen LogP contribution >= 0.6 is 0 Å². The standard InChI is InChI=1S/C29H26F3N7O3/c1-41-21-6-2-18(3-7-21)17-39-24(27-34-22-8-5-20(29(30,31)32)14-23(22)35-27)15-25(37-39)36-28(40)19-4-9-26(33-16-19)38-10-12-42-13-11-38/h2-9,14-16H,10-13,17H2,1H3,(H,34,35)(H,36,37,40). The van der Waals surface area contributed by atoms with Crippen molar-refractivity contribution in [2.75, 3.05) is 43.6 Å². The summed E-state index contributed by atoms with van der Waals surface area (Å²) in [6.07, 6.45) is -2.98. The Hall–Kier alpha value is -4.91. The van der Waals surface area contributed by atoms with E-state index in [-0.39, 0.29) is 11.3 Å². The summed E-state index contributed by atoms with van der Waals surface area (Å²) in [5.41, 5.74) is 1.52. The summed E-state index contributed by atoms with van der Waals surface area (Å²) >= 11 is 0. The Labute approximate surface area is 238 Å². The van der Waals surface area contributed by atoms with E-state index in [1.54, 1.807) is 30.0 Å². The van der Waals surface area contributed by atoms with Gasteiger partial charge in [-0.3, -0.25) is 9.48 Å². The van der Waals surface area contributed by atoms with Crippen molar-refractivity contribution in [3.63, 3.8) is 0 Å². The van der Waals surface area contributed by atoms with Gasteiger partial charge >= 0.3 is 6.18 Å². The highest BCUT2D eigenvalue weighted by molar-refractivity contribution is 6.03. The number of carbonyl (C=O) groups excluding carboxylic acids is 1. The zero-order valence-electron chi connectivity index (χ0n) is 22.5. The summed E-state index contributed by atoms with van der Waals surface area (Å²) in [4.78, 5) is 27.1. The smallest absolute Gasteiger partial charge is 0.416 e. The van der Waals surface area contributed by atoms with Gasteiger partial charge in [0.1, 0.15) is 17.3 Å². The number of aromatic nitrogens is 5. The number of ether oxygens (including phenoxy) is 2. The molecule has 13 heteroatoms. The van der Waals surface area contributed by atoms with Gasteiger partial charge in [0.2, 0.25) is 0 Å². The molecule has 0 spiro atoms. The minimum Gasteiger partial charge on any atom is -0.497 e. The molecule has 1 aliphatic heterocycles. The third-order valence-corrected chi connectivity index (χ3v) is 6.91. The molecule has 1 saturated heterocycles. The SMILES string of the molecule is COc1ccc(Cn2nc(NC(=O)c3ccc(N4CCOCC4)nc3)cc2-c2nc3cc(C(F)(F)F)ccc3[nH]2)cc1. The molecule has 4 heterocycles. The molecule has 0 saturated carbocycles. The van der Waals surface area contributed by atoms with E-state index in [1.807, 2.05) is 24.3 Å². The quantitative estimate of drug-likeness (QED) is 0.281. The first kappa shape index (κ1) is 27.3. The van der Waals surface area contributed by atoms with Gasteiger partial charge in [-0.25, -0.2) is 9.97 Å². The highest BCUT2D eigenvalue weighted by atomic mass is 19.4. The maximum absolute atomic E-state index is 13.3. The highest BCUT2D eigenvalue weighted by Crippen LogP contribution is 2.32. The first-order valence-corrected chi connectivity index (χ1v) is 13.1. The Morgan fingerprint density at radius 3 is 2.55 bits per heavy atom. The Morgan fingerprint density at radius 1 is 1.07 bits per heavy atom. The molecule has 3 aromatic heterocycles. The number of morpholine rings is 1. The molecule has 42 heavy (non-hydrogen) atoms. The number of hydrogen-bond acceptors (Lipinski definition) is 7. The lowest BCUT2D eigenvalue weighted by Gasteiger charge is -2.27. The molecule has 2 N–H and O–H groups in total. The van der Waals surface area contributed by atoms with Gasteiger partial charge in [-0.2, -0.15) is 18.3 Å². The van der Waals surface area contributed by atoms with Crippen LogP contribution < -0.4 is 15.0 Å². The predicted octanol–water partition coefficient (Wildman–Crippen LogP) is 4.99. The van der Waals surface area contributed by atoms with Crippen LogP contribution in [0.3, 0.4) is 0 Å². The number of carbonyl (C=O) groups is 1. The van der Waals surface area contributed by atoms with E-state index in [1.165, 1.54) is 12.3 Å². The summed E-state index contributed by atoms with van der Waals surface area (Å²) in [5, 5.41) is 7.38. The van der Waals surface area contributed by atoms with Gasteiger partial charge in [-0.1, -0.05) is 12.1 Å². The molecular weight excluding hydrogens is 551 g/mol. The largest absolute Gasteiger partial charge is 0.497 e. The average Bonchev–Trinajstić information content (AvgIpc) is 3.61. The lowest BCUT2D eigenvalue weighted by atomic mass is 10.2. The number of nitrogens with zero attached hydrogens (tertiary/aromatic N) is 5. The van der Waals surface area contributed by atoms with Crippen LogP contribution in [0.2, 0.25) is 0 Å². The number of fused-ring (bicyclic) bond motifs is 1. The van der Waals surface area contributed by atoms with Crippen molar-refractivity contribution in [2.24, 2.45) is 0 Å². The predicted molar refractivity (Wildman–Crippen MR) is 150 cm³/mol. The minimum absolute atomic E-state index is 0.161. The van der Waals surface area contributed by atoms with Gasteiger partial charge < -0.3 is 24.7 Å². The zero-order valence-corrected chi connectivity index (χ0v) is 22.5. The number of alkyl halides is 3. The van der Waals surface area contributed by atoms with E-state index >= 15 is 0 Å². The van der Waals surface area contributed by atoms with E-state index < -0.39 is 17.6 Å². The number of methoxy groups -OCH3 is 1. The average molecular weight is 578 g/mol. The molecule has 0 aliphatic carbocycles. The summed E-state index contributed by atoms with van der Waals surface area (Å²) in [5.74, 6) is 1.61. The molecule has 6 rings (SSSR count). The van der Waals surface area contributed by atoms with E-state index in [4.69, 9.17) is 9.47 Å². The molecule has 0 unspecified atom stereocenters. The first-order valence-electron chi connectivity index (χ1n) is 13.1. The van der Waals surface area contributed by atoms with E-state index in [0.717, 1.165) is 36.6 Å². The van der Waals surface area contributed by atoms with E-state index in [0.29, 0.717) is 48.1 Å². The van der Waals surface area contributed by atoms with Crippen molar-refractivity contribution >= 4 is 28.6 Å². The molecule has 0 radical (unpaired) electrons. The number of anilines is 2. The zero-order chi connectivity index (χ0) is 29.3. The van der Waals surface area contributed by atoms with Crippen molar-refractivity contribution in [3.05, 3.63) is 83.6 Å². The van der Waals surface area contributed by atoms with Gasteiger partial charge in [0, 0.05) is 25.4 Å². The van der Waals surface area contributed by atoms with Crippen LogP contribution in [0.15, 0.2) is 66.9 Å². The summed E-state index contributed by atoms with van der Waals surface area (Å²) in [7, 11) is 1.58. The molecule has 216 valence electrons. The number of rotatable bonds is 7. The van der Waals surface area contributed by atoms with Crippen molar-refractivity contribution < 1.29 is 27.4 Å². The number of hydrogen-bond donors (Lipinski definition) is 2. The van der Waals surface area contributed by atoms with Gasteiger partial charge in [-0.15, -0.1) is 0 Å². The van der Waals surface area contributed by atoms with Crippen LogP contribution in [0.25, 0.3) is 22.6 Å². The molecular formula is C29H26F3N7O3. The molecule has 5 aromatic rings. The number of nitrogens with one attached hydrogen (secondary N) is 2. The van der Waals surface area contributed by atoms with Crippen molar-refractivity contribution in [3.8, 4) is 17.3 Å². The molecule has 0 bridgehead atoms. The molecule has 10 nitrogen and oxygen atoms in total. The second kappa shape index (κ2) is 11.2. The second-order valence-electron chi connectivity index (χ2n) is 9.69. The summed E-state index contributed by atoms with van der Waals surface area (Å²) in [6.45, 7) is 3.01. The van der Waals surface area contributed by atoms with Crippen LogP contribution in [0.4, 0.5) is 24.8 Å². The Kier molecular flexibility index (Phi) is 7.25. The fraction of sp³-hybridized carbons (Fsp3) is 0.241. The van der Waals surface area contributed by atoms with Gasteiger partial charge in [0.05, 0.1) is 49.0 Å². The summed E-state index contributed by atoms with van der Waals surface area (Å²) in [6, 6.07) is 15.8. The van der Waals surface area contributed by atoms with E-state index in [9.17, 15) is 18.0 Å². The third kappa shape index (κ3) is 5.77. The number of aromatic amines is 1. The minimum atomic E-state index is -4.49. The van der Waals surface area contributed by atoms with Crippen molar-refractivity contribution in [1.82, 2.24) is 24.7 Å². The fourth-order valence-electron chi connectivity index (χ4n) is 4.68. The fourth-order valence-corrected chi connectivity index (χ4v) is 4.68. The number of halogens is 3. The van der Waals surface area contributed by atoms with Crippen molar-refractivity contribution in [2.45, 2.75) is 12.7 Å². The molecule has 1 amide bonds. The van der Waals surface area contributed by atoms with Crippen LogP contribution in [0.5, 0.6) is 5.75 Å². The third-order valence-electron chi connectivity index (χ3n) is 6.91. The van der Waals surface area contributed by atoms with Gasteiger partial charge in [0.25, 0.3) is 5.91 Å². The number of amides is 1. The molecule has 1 fully saturated rings. The van der Waals surface area contributed by atoms with Crippen LogP contribution in [0.1, 0.15) is 21.5 Å². The monoisotopic (exact) mass is 577 g/mol. The van der Waals surface area contributed by atoms with E-state index in [2.05, 4.69) is 30.3 Å². The van der Waals surface area contributed by atoms with Gasteiger partial charge in [-0.05, 0) is 48.0 Å². The first-order chi connectivity index (χ1) is 20.3. The van der Waals surface area contributed by atoms with Crippen LogP contribution in [-0.2, 0) is 17.5 Å². The molecule has 0 atom stereocenters. The number of H-pyrrole nitrogens is 1.